The summed E-state index contributed by atoms with van der Waals surface area (Å²) in [5.41, 5.74) is 0.797. The Kier molecular flexibility index (Phi) is 6.57. The zero-order chi connectivity index (χ0) is 23.4. The first kappa shape index (κ1) is 22.3. The van der Waals surface area contributed by atoms with Crippen LogP contribution in [0.5, 0.6) is 0 Å². The second-order valence-electron chi connectivity index (χ2n) is 7.81. The number of urea groups is 1. The van der Waals surface area contributed by atoms with Gasteiger partial charge in [0.1, 0.15) is 17.7 Å². The monoisotopic (exact) mass is 456 g/mol. The van der Waals surface area contributed by atoms with Crippen LogP contribution in [0.1, 0.15) is 6.92 Å². The van der Waals surface area contributed by atoms with E-state index in [2.05, 4.69) is 15.6 Å². The summed E-state index contributed by atoms with van der Waals surface area (Å²) >= 11 is 0. The van der Waals surface area contributed by atoms with Gasteiger partial charge in [0, 0.05) is 39.3 Å². The van der Waals surface area contributed by atoms with Crippen molar-refractivity contribution in [3.63, 3.8) is 0 Å². The number of cyclic esters (lactones) is 1. The van der Waals surface area contributed by atoms with Crippen molar-refractivity contribution >= 4 is 35.2 Å². The fraction of sp³-hybridized carbons (Fsp3) is 0.364. The summed E-state index contributed by atoms with van der Waals surface area (Å²) in [6.45, 7) is 3.62. The Morgan fingerprint density at radius 1 is 1.18 bits per heavy atom. The van der Waals surface area contributed by atoms with Gasteiger partial charge in [0.05, 0.1) is 24.5 Å². The van der Waals surface area contributed by atoms with Crippen molar-refractivity contribution in [3.05, 3.63) is 48.4 Å². The molecule has 2 aliphatic rings. The summed E-state index contributed by atoms with van der Waals surface area (Å²) in [7, 11) is 0. The number of hydrogen-bond donors (Lipinski definition) is 2. The Labute approximate surface area is 190 Å². The molecule has 4 rings (SSSR count). The molecule has 2 fully saturated rings. The second kappa shape index (κ2) is 9.72. The number of aromatic nitrogens is 1. The van der Waals surface area contributed by atoms with Gasteiger partial charge in [-0.3, -0.25) is 15.0 Å². The van der Waals surface area contributed by atoms with Crippen LogP contribution in [0.3, 0.4) is 0 Å². The minimum absolute atomic E-state index is 0.205. The number of carbonyl (C=O) groups excluding carboxylic acids is 3. The maximum Gasteiger partial charge on any atom is 0.414 e. The number of piperazine rings is 1. The molecule has 2 N–H and O–H groups in total. The highest BCUT2D eigenvalue weighted by Gasteiger charge is 2.33. The van der Waals surface area contributed by atoms with E-state index in [0.717, 1.165) is 0 Å². The molecule has 0 unspecified atom stereocenters. The standard InChI is InChI=1S/C22H25FN6O4/c1-15(30)25-13-17-14-29(22(32)33-17)16-5-6-19(18(23)12-16)27-8-10-28(11-9-27)21(31)26-20-4-2-3-7-24-20/h2-7,12,17H,8-11,13-14H2,1H3,(H,25,30)(H,24,26,31)/t17-/m0/s1. The predicted octanol–water partition coefficient (Wildman–Crippen LogP) is 2.04. The SMILES string of the molecule is CC(=O)NC[C@H]1CN(c2ccc(N3CCN(C(=O)Nc4ccccn4)CC3)c(F)c2)C(=O)O1. The van der Waals surface area contributed by atoms with Crippen LogP contribution in [0.25, 0.3) is 0 Å². The van der Waals surface area contributed by atoms with Crippen LogP contribution >= 0.6 is 0 Å². The molecule has 0 radical (unpaired) electrons. The number of benzene rings is 1. The molecule has 2 aromatic rings. The van der Waals surface area contributed by atoms with Crippen molar-refractivity contribution < 1.29 is 23.5 Å². The average Bonchev–Trinajstić information content (AvgIpc) is 3.19. The van der Waals surface area contributed by atoms with E-state index in [1.165, 1.54) is 17.9 Å². The van der Waals surface area contributed by atoms with E-state index in [4.69, 9.17) is 4.74 Å². The number of hydrogen-bond acceptors (Lipinski definition) is 6. The number of nitrogens with zero attached hydrogens (tertiary/aromatic N) is 4. The lowest BCUT2D eigenvalue weighted by Crippen LogP contribution is -2.50. The minimum Gasteiger partial charge on any atom is -0.442 e. The molecule has 2 aliphatic heterocycles. The number of amides is 4. The highest BCUT2D eigenvalue weighted by molar-refractivity contribution is 5.90. The number of pyridine rings is 1. The number of anilines is 3. The summed E-state index contributed by atoms with van der Waals surface area (Å²) < 4.78 is 20.2. The molecule has 1 atom stereocenters. The summed E-state index contributed by atoms with van der Waals surface area (Å²) in [5.74, 6) is -0.197. The van der Waals surface area contributed by atoms with Crippen molar-refractivity contribution in [1.29, 1.82) is 0 Å². The van der Waals surface area contributed by atoms with E-state index in [1.807, 2.05) is 4.90 Å². The number of halogens is 1. The first-order chi connectivity index (χ1) is 15.9. The summed E-state index contributed by atoms with van der Waals surface area (Å²) in [6, 6.07) is 9.62. The predicted molar refractivity (Wildman–Crippen MR) is 120 cm³/mol. The third-order valence-corrected chi connectivity index (χ3v) is 5.50. The van der Waals surface area contributed by atoms with Gasteiger partial charge < -0.3 is 19.9 Å². The molecule has 10 nitrogen and oxygen atoms in total. The molecule has 174 valence electrons. The Bertz CT molecular complexity index is 1030. The van der Waals surface area contributed by atoms with Gasteiger partial charge in [0.2, 0.25) is 5.91 Å². The maximum absolute atomic E-state index is 14.9. The molecule has 1 aromatic carbocycles. The lowest BCUT2D eigenvalue weighted by molar-refractivity contribution is -0.119. The molecule has 11 heteroatoms. The van der Waals surface area contributed by atoms with E-state index in [-0.39, 0.29) is 25.0 Å². The normalized spacial score (nSPS) is 18.2. The van der Waals surface area contributed by atoms with Crippen molar-refractivity contribution in [2.75, 3.05) is 54.4 Å². The van der Waals surface area contributed by atoms with Gasteiger partial charge in [0.15, 0.2) is 0 Å². The third kappa shape index (κ3) is 5.30. The van der Waals surface area contributed by atoms with E-state index in [0.29, 0.717) is 43.4 Å². The van der Waals surface area contributed by atoms with E-state index in [1.54, 1.807) is 41.4 Å². The van der Waals surface area contributed by atoms with Crippen molar-refractivity contribution in [2.45, 2.75) is 13.0 Å². The van der Waals surface area contributed by atoms with Gasteiger partial charge in [-0.1, -0.05) is 6.07 Å². The number of rotatable bonds is 5. The van der Waals surface area contributed by atoms with Crippen LogP contribution in [0.4, 0.5) is 31.2 Å². The summed E-state index contributed by atoms with van der Waals surface area (Å²) in [6.07, 6.45) is 0.532. The van der Waals surface area contributed by atoms with Crippen LogP contribution in [0, 0.1) is 5.82 Å². The second-order valence-corrected chi connectivity index (χ2v) is 7.81. The molecular formula is C22H25FN6O4. The first-order valence-electron chi connectivity index (χ1n) is 10.6. The van der Waals surface area contributed by atoms with Gasteiger partial charge in [0.25, 0.3) is 0 Å². The largest absolute Gasteiger partial charge is 0.442 e. The number of carbonyl (C=O) groups is 3. The van der Waals surface area contributed by atoms with E-state index >= 15 is 0 Å². The lowest BCUT2D eigenvalue weighted by atomic mass is 10.2. The van der Waals surface area contributed by atoms with Gasteiger partial charge in [-0.2, -0.15) is 0 Å². The van der Waals surface area contributed by atoms with Crippen molar-refractivity contribution in [3.8, 4) is 0 Å². The summed E-state index contributed by atoms with van der Waals surface area (Å²) in [5, 5.41) is 5.36. The zero-order valence-electron chi connectivity index (χ0n) is 18.2. The molecule has 33 heavy (non-hydrogen) atoms. The fourth-order valence-corrected chi connectivity index (χ4v) is 3.79. The molecule has 0 bridgehead atoms. The Hall–Kier alpha value is -3.89. The van der Waals surface area contributed by atoms with Crippen molar-refractivity contribution in [1.82, 2.24) is 15.2 Å². The molecule has 2 saturated heterocycles. The van der Waals surface area contributed by atoms with Crippen LogP contribution in [0.2, 0.25) is 0 Å². The quantitative estimate of drug-likeness (QED) is 0.713. The zero-order valence-corrected chi connectivity index (χ0v) is 18.2. The molecule has 0 spiro atoms. The number of nitrogens with one attached hydrogen (secondary N) is 2. The molecular weight excluding hydrogens is 431 g/mol. The van der Waals surface area contributed by atoms with Crippen LogP contribution in [-0.2, 0) is 9.53 Å². The Morgan fingerprint density at radius 3 is 2.64 bits per heavy atom. The van der Waals surface area contributed by atoms with Crippen LogP contribution in [0.15, 0.2) is 42.6 Å². The average molecular weight is 456 g/mol. The highest BCUT2D eigenvalue weighted by Crippen LogP contribution is 2.28. The topological polar surface area (TPSA) is 107 Å². The molecule has 3 heterocycles. The van der Waals surface area contributed by atoms with E-state index in [9.17, 15) is 18.8 Å². The smallest absolute Gasteiger partial charge is 0.414 e. The summed E-state index contributed by atoms with van der Waals surface area (Å²) in [4.78, 5) is 44.6. The van der Waals surface area contributed by atoms with Gasteiger partial charge >= 0.3 is 12.1 Å². The van der Waals surface area contributed by atoms with Crippen LogP contribution < -0.4 is 20.4 Å². The third-order valence-electron chi connectivity index (χ3n) is 5.50. The highest BCUT2D eigenvalue weighted by atomic mass is 19.1. The van der Waals surface area contributed by atoms with Gasteiger partial charge in [-0.05, 0) is 30.3 Å². The number of ether oxygens (including phenoxy) is 1. The Balaban J connectivity index is 1.34. The molecule has 0 saturated carbocycles. The molecule has 0 aliphatic carbocycles. The molecule has 1 aromatic heterocycles. The van der Waals surface area contributed by atoms with E-state index < -0.39 is 18.0 Å². The maximum atomic E-state index is 14.9. The van der Waals surface area contributed by atoms with Crippen molar-refractivity contribution in [2.24, 2.45) is 0 Å². The first-order valence-corrected chi connectivity index (χ1v) is 10.6. The molecule has 4 amide bonds. The lowest BCUT2D eigenvalue weighted by Gasteiger charge is -2.36. The van der Waals surface area contributed by atoms with Crippen LogP contribution in [-0.4, -0.2) is 73.3 Å². The van der Waals surface area contributed by atoms with Gasteiger partial charge in [-0.15, -0.1) is 0 Å². The Morgan fingerprint density at radius 2 is 1.97 bits per heavy atom. The van der Waals surface area contributed by atoms with Gasteiger partial charge in [-0.25, -0.2) is 19.0 Å². The fourth-order valence-electron chi connectivity index (χ4n) is 3.79. The minimum atomic E-state index is -0.579.